The van der Waals surface area contributed by atoms with E-state index in [2.05, 4.69) is 15.5 Å². The standard InChI is InChI=1S/C20H16ClN3O4S/c21-16(10-13-6-8-15(9-7-13)28-12-17(25)26)19-23-24-20(29-19)18(27)22-11-14-4-2-1-3-5-14/h1-10H,11-12H2,(H,22,27)(H,25,26)/b16-10+. The van der Waals surface area contributed by atoms with E-state index in [1.54, 1.807) is 30.3 Å². The number of carboxylic acids is 1. The Morgan fingerprint density at radius 3 is 2.45 bits per heavy atom. The number of carbonyl (C=O) groups is 2. The summed E-state index contributed by atoms with van der Waals surface area (Å²) in [6.45, 7) is -0.00963. The lowest BCUT2D eigenvalue weighted by Gasteiger charge is -2.03. The third-order valence-corrected chi connectivity index (χ3v) is 5.01. The molecule has 1 amide bonds. The minimum atomic E-state index is -1.04. The van der Waals surface area contributed by atoms with Crippen molar-refractivity contribution in [2.45, 2.75) is 6.54 Å². The molecule has 0 aliphatic rings. The maximum absolute atomic E-state index is 12.2. The maximum Gasteiger partial charge on any atom is 0.341 e. The highest BCUT2D eigenvalue weighted by molar-refractivity contribution is 7.15. The first-order valence-corrected chi connectivity index (χ1v) is 9.68. The van der Waals surface area contributed by atoms with E-state index in [4.69, 9.17) is 21.4 Å². The third-order valence-electron chi connectivity index (χ3n) is 3.66. The van der Waals surface area contributed by atoms with Crippen molar-refractivity contribution in [2.24, 2.45) is 0 Å². The first kappa shape index (κ1) is 20.5. The molecule has 0 radical (unpaired) electrons. The minimum Gasteiger partial charge on any atom is -0.482 e. The number of nitrogens with zero attached hydrogens (tertiary/aromatic N) is 2. The van der Waals surface area contributed by atoms with E-state index in [0.717, 1.165) is 22.5 Å². The summed E-state index contributed by atoms with van der Waals surface area (Å²) in [5, 5.41) is 20.3. The van der Waals surface area contributed by atoms with E-state index in [0.29, 0.717) is 22.3 Å². The van der Waals surface area contributed by atoms with Crippen LogP contribution in [0.5, 0.6) is 5.75 Å². The number of nitrogens with one attached hydrogen (secondary N) is 1. The number of hydrogen-bond donors (Lipinski definition) is 2. The zero-order chi connectivity index (χ0) is 20.6. The van der Waals surface area contributed by atoms with E-state index >= 15 is 0 Å². The summed E-state index contributed by atoms with van der Waals surface area (Å²) in [6.07, 6.45) is 1.68. The highest BCUT2D eigenvalue weighted by Gasteiger charge is 2.14. The van der Waals surface area contributed by atoms with Gasteiger partial charge in [0.1, 0.15) is 5.75 Å². The fourth-order valence-electron chi connectivity index (χ4n) is 2.28. The predicted octanol–water partition coefficient (Wildman–Crippen LogP) is 3.67. The second-order valence-electron chi connectivity index (χ2n) is 5.82. The van der Waals surface area contributed by atoms with Crippen molar-refractivity contribution in [2.75, 3.05) is 6.61 Å². The van der Waals surface area contributed by atoms with Gasteiger partial charge in [-0.1, -0.05) is 65.4 Å². The lowest BCUT2D eigenvalue weighted by atomic mass is 10.2. The van der Waals surface area contributed by atoms with E-state index in [1.165, 1.54) is 0 Å². The van der Waals surface area contributed by atoms with Crippen LogP contribution >= 0.6 is 22.9 Å². The summed E-state index contributed by atoms with van der Waals surface area (Å²) in [5.41, 5.74) is 1.75. The fourth-order valence-corrected chi connectivity index (χ4v) is 3.23. The average molecular weight is 430 g/mol. The molecule has 0 bridgehead atoms. The monoisotopic (exact) mass is 429 g/mol. The molecule has 0 saturated heterocycles. The third kappa shape index (κ3) is 6.13. The molecule has 29 heavy (non-hydrogen) atoms. The molecule has 0 unspecified atom stereocenters. The first-order valence-electron chi connectivity index (χ1n) is 8.49. The van der Waals surface area contributed by atoms with Gasteiger partial charge in [-0.2, -0.15) is 0 Å². The summed E-state index contributed by atoms with van der Waals surface area (Å²) < 4.78 is 5.08. The number of rotatable bonds is 8. The quantitative estimate of drug-likeness (QED) is 0.566. The molecule has 3 rings (SSSR count). The molecule has 0 atom stereocenters. The van der Waals surface area contributed by atoms with Crippen LogP contribution in [0.15, 0.2) is 54.6 Å². The van der Waals surface area contributed by atoms with Crippen molar-refractivity contribution in [1.29, 1.82) is 0 Å². The van der Waals surface area contributed by atoms with Gasteiger partial charge >= 0.3 is 5.97 Å². The zero-order valence-electron chi connectivity index (χ0n) is 15.0. The Morgan fingerprint density at radius 2 is 1.76 bits per heavy atom. The van der Waals surface area contributed by atoms with Crippen molar-refractivity contribution in [3.63, 3.8) is 0 Å². The molecule has 148 valence electrons. The highest BCUT2D eigenvalue weighted by Crippen LogP contribution is 2.26. The number of carbonyl (C=O) groups excluding carboxylic acids is 1. The number of carboxylic acid groups (broad SMARTS) is 1. The molecule has 1 heterocycles. The first-order chi connectivity index (χ1) is 14.0. The van der Waals surface area contributed by atoms with Gasteiger partial charge in [0, 0.05) is 6.54 Å². The van der Waals surface area contributed by atoms with E-state index < -0.39 is 12.6 Å². The maximum atomic E-state index is 12.2. The van der Waals surface area contributed by atoms with Gasteiger partial charge in [-0.15, -0.1) is 10.2 Å². The van der Waals surface area contributed by atoms with Crippen molar-refractivity contribution in [3.8, 4) is 5.75 Å². The second kappa shape index (κ2) is 9.81. The number of ether oxygens (including phenoxy) is 1. The second-order valence-corrected chi connectivity index (χ2v) is 7.21. The van der Waals surface area contributed by atoms with E-state index in [-0.39, 0.29) is 10.9 Å². The molecule has 7 nitrogen and oxygen atoms in total. The van der Waals surface area contributed by atoms with Gasteiger partial charge in [-0.3, -0.25) is 4.79 Å². The minimum absolute atomic E-state index is 0.222. The number of halogens is 1. The summed E-state index contributed by atoms with van der Waals surface area (Å²) in [6, 6.07) is 16.3. The van der Waals surface area contributed by atoms with Crippen LogP contribution in [0.2, 0.25) is 0 Å². The Kier molecular flexibility index (Phi) is 6.94. The van der Waals surface area contributed by atoms with E-state index in [9.17, 15) is 9.59 Å². The largest absolute Gasteiger partial charge is 0.482 e. The van der Waals surface area contributed by atoms with Crippen LogP contribution < -0.4 is 10.1 Å². The predicted molar refractivity (Wildman–Crippen MR) is 111 cm³/mol. The van der Waals surface area contributed by atoms with Gasteiger partial charge in [0.25, 0.3) is 5.91 Å². The summed E-state index contributed by atoms with van der Waals surface area (Å²) in [5.74, 6) is -0.923. The van der Waals surface area contributed by atoms with Crippen LogP contribution in [-0.4, -0.2) is 33.8 Å². The van der Waals surface area contributed by atoms with Gasteiger partial charge in [0.2, 0.25) is 5.01 Å². The van der Waals surface area contributed by atoms with E-state index in [1.807, 2.05) is 30.3 Å². The van der Waals surface area contributed by atoms with Crippen LogP contribution in [0.3, 0.4) is 0 Å². The topological polar surface area (TPSA) is 101 Å². The number of amides is 1. The lowest BCUT2D eigenvalue weighted by Crippen LogP contribution is -2.22. The molecule has 0 saturated carbocycles. The molecule has 3 aromatic rings. The molecule has 0 spiro atoms. The molecule has 0 aliphatic carbocycles. The van der Waals surface area contributed by atoms with Gasteiger partial charge in [-0.25, -0.2) is 4.79 Å². The molecule has 2 N–H and O–H groups in total. The zero-order valence-corrected chi connectivity index (χ0v) is 16.6. The van der Waals surface area contributed by atoms with Crippen LogP contribution in [-0.2, 0) is 11.3 Å². The number of hydrogen-bond acceptors (Lipinski definition) is 6. The summed E-state index contributed by atoms with van der Waals surface area (Å²) >= 11 is 7.40. The Labute approximate surface area is 175 Å². The van der Waals surface area contributed by atoms with Gasteiger partial charge in [0.15, 0.2) is 11.6 Å². The van der Waals surface area contributed by atoms with Crippen LogP contribution in [0.1, 0.15) is 25.9 Å². The average Bonchev–Trinajstić information content (AvgIpc) is 3.23. The fraction of sp³-hybridized carbons (Fsp3) is 0.100. The van der Waals surface area contributed by atoms with Crippen molar-refractivity contribution < 1.29 is 19.4 Å². The SMILES string of the molecule is O=C(O)COc1ccc(/C=C(/Cl)c2nnc(C(=O)NCc3ccccc3)s2)cc1. The Bertz CT molecular complexity index is 1020. The molecule has 0 aliphatic heterocycles. The molecule has 9 heteroatoms. The van der Waals surface area contributed by atoms with Crippen molar-refractivity contribution in [3.05, 3.63) is 75.7 Å². The van der Waals surface area contributed by atoms with Crippen molar-refractivity contribution in [1.82, 2.24) is 15.5 Å². The highest BCUT2D eigenvalue weighted by atomic mass is 35.5. The molecule has 2 aromatic carbocycles. The summed E-state index contributed by atoms with van der Waals surface area (Å²) in [7, 11) is 0. The van der Waals surface area contributed by atoms with Gasteiger partial charge in [-0.05, 0) is 29.3 Å². The number of aliphatic carboxylic acids is 1. The number of benzene rings is 2. The van der Waals surface area contributed by atoms with Crippen molar-refractivity contribution >= 4 is 45.9 Å². The Hall–Kier alpha value is -3.23. The molecular formula is C20H16ClN3O4S. The van der Waals surface area contributed by atoms with Gasteiger partial charge in [0.05, 0.1) is 5.03 Å². The molecule has 0 fully saturated rings. The Balaban J connectivity index is 1.61. The Morgan fingerprint density at radius 1 is 1.07 bits per heavy atom. The van der Waals surface area contributed by atoms with Crippen LogP contribution in [0.25, 0.3) is 11.1 Å². The summed E-state index contributed by atoms with van der Waals surface area (Å²) in [4.78, 5) is 22.8. The number of aromatic nitrogens is 2. The normalized spacial score (nSPS) is 11.1. The molecule has 1 aromatic heterocycles. The lowest BCUT2D eigenvalue weighted by molar-refractivity contribution is -0.139. The molecular weight excluding hydrogens is 414 g/mol. The van der Waals surface area contributed by atoms with Crippen LogP contribution in [0, 0.1) is 0 Å². The smallest absolute Gasteiger partial charge is 0.341 e. The van der Waals surface area contributed by atoms with Gasteiger partial charge < -0.3 is 15.2 Å². The van der Waals surface area contributed by atoms with Crippen LogP contribution in [0.4, 0.5) is 0 Å².